The van der Waals surface area contributed by atoms with Crippen LogP contribution in [0.1, 0.15) is 34.1 Å². The van der Waals surface area contributed by atoms with Crippen molar-refractivity contribution in [1.82, 2.24) is 4.90 Å². The second-order valence-electron chi connectivity index (χ2n) is 4.98. The minimum atomic E-state index is 0.213. The first-order valence-corrected chi connectivity index (χ1v) is 6.21. The van der Waals surface area contributed by atoms with Crippen molar-refractivity contribution in [2.75, 3.05) is 18.9 Å². The van der Waals surface area contributed by atoms with E-state index in [-0.39, 0.29) is 11.3 Å². The lowest BCUT2D eigenvalue weighted by molar-refractivity contribution is -0.131. The normalized spacial score (nSPS) is 13.9. The molecule has 0 aliphatic rings. The molecular formula is C11H22BrNO. The van der Waals surface area contributed by atoms with Gasteiger partial charge < -0.3 is 4.90 Å². The molecule has 0 aromatic heterocycles. The highest BCUT2D eigenvalue weighted by atomic mass is 79.9. The number of halogens is 1. The van der Waals surface area contributed by atoms with Gasteiger partial charge in [-0.3, -0.25) is 4.79 Å². The van der Waals surface area contributed by atoms with E-state index in [9.17, 15) is 4.79 Å². The van der Waals surface area contributed by atoms with Gasteiger partial charge >= 0.3 is 0 Å². The summed E-state index contributed by atoms with van der Waals surface area (Å²) in [6.07, 6.45) is 0.646. The van der Waals surface area contributed by atoms with E-state index >= 15 is 0 Å². The van der Waals surface area contributed by atoms with Gasteiger partial charge in [-0.2, -0.15) is 0 Å². The summed E-state index contributed by atoms with van der Waals surface area (Å²) in [6.45, 7) is 9.45. The molecule has 0 aromatic carbocycles. The Labute approximate surface area is 96.2 Å². The first kappa shape index (κ1) is 13.9. The fraction of sp³-hybridized carbons (Fsp3) is 0.909. The first-order chi connectivity index (χ1) is 6.29. The van der Waals surface area contributed by atoms with Crippen LogP contribution < -0.4 is 0 Å². The van der Waals surface area contributed by atoms with Crippen molar-refractivity contribution in [3.8, 4) is 0 Å². The smallest absolute Gasteiger partial charge is 0.222 e. The average molecular weight is 264 g/mol. The van der Waals surface area contributed by atoms with Crippen LogP contribution in [-0.4, -0.2) is 29.7 Å². The minimum Gasteiger partial charge on any atom is -0.345 e. The average Bonchev–Trinajstić information content (AvgIpc) is 2.02. The molecule has 0 spiro atoms. The van der Waals surface area contributed by atoms with Crippen LogP contribution in [0.2, 0.25) is 0 Å². The Hall–Kier alpha value is -0.0500. The molecule has 0 aromatic rings. The number of carbonyl (C=O) groups excluding carboxylic acids is 1. The Morgan fingerprint density at radius 2 is 1.93 bits per heavy atom. The molecule has 2 nitrogen and oxygen atoms in total. The third-order valence-electron chi connectivity index (χ3n) is 2.80. The van der Waals surface area contributed by atoms with Crippen LogP contribution in [0.3, 0.4) is 0 Å². The Kier molecular flexibility index (Phi) is 5.72. The van der Waals surface area contributed by atoms with Gasteiger partial charge in [0.2, 0.25) is 5.91 Å². The van der Waals surface area contributed by atoms with Gasteiger partial charge in [-0.15, -0.1) is 0 Å². The van der Waals surface area contributed by atoms with Gasteiger partial charge in [0.15, 0.2) is 0 Å². The standard InChI is InChI=1S/C11H22BrNO/c1-9(11(2,3)4)8-10(14)13(5)7-6-12/h9H,6-8H2,1-5H3. The number of carbonyl (C=O) groups is 1. The molecule has 1 atom stereocenters. The number of rotatable bonds is 4. The summed E-state index contributed by atoms with van der Waals surface area (Å²) >= 11 is 3.33. The van der Waals surface area contributed by atoms with Crippen LogP contribution in [0.5, 0.6) is 0 Å². The van der Waals surface area contributed by atoms with E-state index in [1.807, 2.05) is 7.05 Å². The lowest BCUT2D eigenvalue weighted by atomic mass is 9.80. The lowest BCUT2D eigenvalue weighted by Gasteiger charge is -2.28. The molecule has 0 saturated heterocycles. The third kappa shape index (κ3) is 4.99. The van der Waals surface area contributed by atoms with Crippen LogP contribution in [-0.2, 0) is 4.79 Å². The van der Waals surface area contributed by atoms with E-state index in [4.69, 9.17) is 0 Å². The first-order valence-electron chi connectivity index (χ1n) is 5.09. The van der Waals surface area contributed by atoms with Crippen LogP contribution in [0.25, 0.3) is 0 Å². The van der Waals surface area contributed by atoms with E-state index in [1.54, 1.807) is 4.90 Å². The molecule has 84 valence electrons. The molecule has 0 N–H and O–H groups in total. The monoisotopic (exact) mass is 263 g/mol. The topological polar surface area (TPSA) is 20.3 Å². The molecule has 0 radical (unpaired) electrons. The number of hydrogen-bond donors (Lipinski definition) is 0. The zero-order valence-corrected chi connectivity index (χ0v) is 11.5. The van der Waals surface area contributed by atoms with Crippen LogP contribution >= 0.6 is 15.9 Å². The highest BCUT2D eigenvalue weighted by Crippen LogP contribution is 2.28. The van der Waals surface area contributed by atoms with E-state index < -0.39 is 0 Å². The predicted octanol–water partition coefficient (Wildman–Crippen LogP) is 2.91. The molecule has 0 aliphatic heterocycles. The maximum atomic E-state index is 11.7. The maximum absolute atomic E-state index is 11.7. The fourth-order valence-corrected chi connectivity index (χ4v) is 1.51. The van der Waals surface area contributed by atoms with E-state index in [0.717, 1.165) is 11.9 Å². The van der Waals surface area contributed by atoms with Crippen LogP contribution in [0.15, 0.2) is 0 Å². The second-order valence-corrected chi connectivity index (χ2v) is 5.77. The van der Waals surface area contributed by atoms with Gasteiger partial charge in [0.1, 0.15) is 0 Å². The fourth-order valence-electron chi connectivity index (χ4n) is 0.975. The highest BCUT2D eigenvalue weighted by Gasteiger charge is 2.23. The van der Waals surface area contributed by atoms with Crippen molar-refractivity contribution >= 4 is 21.8 Å². The molecule has 1 unspecified atom stereocenters. The van der Waals surface area contributed by atoms with E-state index in [2.05, 4.69) is 43.6 Å². The SMILES string of the molecule is CC(CC(=O)N(C)CCBr)C(C)(C)C. The molecule has 3 heteroatoms. The molecule has 0 rings (SSSR count). The van der Waals surface area contributed by atoms with Gasteiger partial charge in [-0.05, 0) is 11.3 Å². The summed E-state index contributed by atoms with van der Waals surface area (Å²) in [5.41, 5.74) is 0.213. The molecule has 0 heterocycles. The molecule has 0 saturated carbocycles. The number of amides is 1. The largest absolute Gasteiger partial charge is 0.345 e. The maximum Gasteiger partial charge on any atom is 0.222 e. The zero-order valence-electron chi connectivity index (χ0n) is 9.93. The van der Waals surface area contributed by atoms with Crippen molar-refractivity contribution < 1.29 is 4.79 Å². The summed E-state index contributed by atoms with van der Waals surface area (Å²) < 4.78 is 0. The Bertz CT molecular complexity index is 186. The summed E-state index contributed by atoms with van der Waals surface area (Å²) in [6, 6.07) is 0. The van der Waals surface area contributed by atoms with Gasteiger partial charge in [-0.1, -0.05) is 43.6 Å². The highest BCUT2D eigenvalue weighted by molar-refractivity contribution is 9.09. The number of nitrogens with zero attached hydrogens (tertiary/aromatic N) is 1. The number of alkyl halides is 1. The molecule has 0 fully saturated rings. The van der Waals surface area contributed by atoms with Crippen molar-refractivity contribution in [3.05, 3.63) is 0 Å². The summed E-state index contributed by atoms with van der Waals surface area (Å²) in [7, 11) is 1.86. The number of hydrogen-bond acceptors (Lipinski definition) is 1. The Morgan fingerprint density at radius 3 is 2.29 bits per heavy atom. The zero-order chi connectivity index (χ0) is 11.4. The van der Waals surface area contributed by atoms with Crippen molar-refractivity contribution in [2.24, 2.45) is 11.3 Å². The molecule has 0 aliphatic carbocycles. The van der Waals surface area contributed by atoms with Gasteiger partial charge in [0, 0.05) is 25.3 Å². The second kappa shape index (κ2) is 5.74. The van der Waals surface area contributed by atoms with Gasteiger partial charge in [0.05, 0.1) is 0 Å². The summed E-state index contributed by atoms with van der Waals surface area (Å²) in [4.78, 5) is 13.5. The van der Waals surface area contributed by atoms with Crippen molar-refractivity contribution in [2.45, 2.75) is 34.1 Å². The van der Waals surface area contributed by atoms with Crippen molar-refractivity contribution in [1.29, 1.82) is 0 Å². The third-order valence-corrected chi connectivity index (χ3v) is 3.16. The van der Waals surface area contributed by atoms with Crippen LogP contribution in [0, 0.1) is 11.3 Å². The summed E-state index contributed by atoms with van der Waals surface area (Å²) in [5, 5.41) is 0.846. The molecule has 14 heavy (non-hydrogen) atoms. The quantitative estimate of drug-likeness (QED) is 0.715. The van der Waals surface area contributed by atoms with Crippen molar-refractivity contribution in [3.63, 3.8) is 0 Å². The molecular weight excluding hydrogens is 242 g/mol. The molecule has 0 bridgehead atoms. The summed E-state index contributed by atoms with van der Waals surface area (Å²) in [5.74, 6) is 0.666. The van der Waals surface area contributed by atoms with E-state index in [0.29, 0.717) is 12.3 Å². The van der Waals surface area contributed by atoms with E-state index in [1.165, 1.54) is 0 Å². The Balaban J connectivity index is 4.06. The van der Waals surface area contributed by atoms with Crippen LogP contribution in [0.4, 0.5) is 0 Å². The van der Waals surface area contributed by atoms with Gasteiger partial charge in [-0.25, -0.2) is 0 Å². The molecule has 1 amide bonds. The van der Waals surface area contributed by atoms with Gasteiger partial charge in [0.25, 0.3) is 0 Å². The Morgan fingerprint density at radius 1 is 1.43 bits per heavy atom. The predicted molar refractivity (Wildman–Crippen MR) is 64.7 cm³/mol. The minimum absolute atomic E-state index is 0.213. The lowest BCUT2D eigenvalue weighted by Crippen LogP contribution is -2.32.